The van der Waals surface area contributed by atoms with E-state index in [0.717, 1.165) is 10.9 Å². The zero-order valence-electron chi connectivity index (χ0n) is 9.73. The van der Waals surface area contributed by atoms with Crippen LogP contribution in [0.15, 0.2) is 35.1 Å². The number of hydrogen-bond acceptors (Lipinski definition) is 3. The smallest absolute Gasteiger partial charge is 0.252 e. The zero-order valence-corrected chi connectivity index (χ0v) is 9.73. The molecule has 3 N–H and O–H groups in total. The van der Waals surface area contributed by atoms with Gasteiger partial charge in [-0.2, -0.15) is 0 Å². The molecule has 2 aromatic rings. The fraction of sp³-hybridized carbons (Fsp3) is 0.308. The Balaban J connectivity index is 2.22. The standard InChI is InChI=1S/C13H16N2O2/c1-9(16)7-14-8-11-6-10-4-2-3-5-12(10)15-13(11)17/h2-6,9,14,16H,7-8H2,1H3,(H,15,17)/t9-/m0/s1. The molecule has 0 amide bonds. The summed E-state index contributed by atoms with van der Waals surface area (Å²) in [6.07, 6.45) is -0.408. The normalized spacial score (nSPS) is 12.8. The predicted octanol–water partition coefficient (Wildman–Crippen LogP) is 0.998. The van der Waals surface area contributed by atoms with Crippen molar-refractivity contribution < 1.29 is 5.11 Å². The van der Waals surface area contributed by atoms with Gasteiger partial charge in [0.15, 0.2) is 0 Å². The quantitative estimate of drug-likeness (QED) is 0.736. The molecule has 0 radical (unpaired) electrons. The molecular weight excluding hydrogens is 216 g/mol. The number of nitrogens with one attached hydrogen (secondary N) is 2. The van der Waals surface area contributed by atoms with Gasteiger partial charge in [-0.05, 0) is 24.4 Å². The van der Waals surface area contributed by atoms with Crippen LogP contribution in [0.2, 0.25) is 0 Å². The maximum Gasteiger partial charge on any atom is 0.252 e. The van der Waals surface area contributed by atoms with Crippen molar-refractivity contribution in [1.82, 2.24) is 10.3 Å². The van der Waals surface area contributed by atoms with E-state index in [1.807, 2.05) is 30.3 Å². The average Bonchev–Trinajstić information content (AvgIpc) is 2.29. The molecule has 0 aliphatic carbocycles. The summed E-state index contributed by atoms with van der Waals surface area (Å²) in [5, 5.41) is 13.2. The Morgan fingerprint density at radius 1 is 1.41 bits per heavy atom. The predicted molar refractivity (Wildman–Crippen MR) is 68.0 cm³/mol. The highest BCUT2D eigenvalue weighted by Crippen LogP contribution is 2.09. The molecule has 0 aliphatic rings. The summed E-state index contributed by atoms with van der Waals surface area (Å²) in [5.74, 6) is 0. The number of rotatable bonds is 4. The zero-order chi connectivity index (χ0) is 12.3. The third-order valence-corrected chi connectivity index (χ3v) is 2.59. The van der Waals surface area contributed by atoms with Gasteiger partial charge in [0.2, 0.25) is 0 Å². The molecule has 90 valence electrons. The van der Waals surface area contributed by atoms with Crippen molar-refractivity contribution in [1.29, 1.82) is 0 Å². The van der Waals surface area contributed by atoms with E-state index in [2.05, 4.69) is 10.3 Å². The number of aliphatic hydroxyl groups excluding tert-OH is 1. The molecule has 1 aromatic heterocycles. The summed E-state index contributed by atoms with van der Waals surface area (Å²) in [6, 6.07) is 9.55. The largest absolute Gasteiger partial charge is 0.392 e. The second-order valence-corrected chi connectivity index (χ2v) is 4.19. The first kappa shape index (κ1) is 11.8. The van der Waals surface area contributed by atoms with Crippen LogP contribution in [0, 0.1) is 0 Å². The van der Waals surface area contributed by atoms with E-state index >= 15 is 0 Å². The molecule has 4 nitrogen and oxygen atoms in total. The van der Waals surface area contributed by atoms with Crippen molar-refractivity contribution in [3.63, 3.8) is 0 Å². The molecule has 4 heteroatoms. The lowest BCUT2D eigenvalue weighted by Gasteiger charge is -2.07. The van der Waals surface area contributed by atoms with Gasteiger partial charge >= 0.3 is 0 Å². The molecule has 0 bridgehead atoms. The molecule has 1 atom stereocenters. The van der Waals surface area contributed by atoms with Gasteiger partial charge < -0.3 is 15.4 Å². The monoisotopic (exact) mass is 232 g/mol. The number of fused-ring (bicyclic) bond motifs is 1. The minimum Gasteiger partial charge on any atom is -0.392 e. The highest BCUT2D eigenvalue weighted by molar-refractivity contribution is 5.78. The number of pyridine rings is 1. The molecular formula is C13H16N2O2. The van der Waals surface area contributed by atoms with Crippen LogP contribution in [-0.2, 0) is 6.54 Å². The molecule has 1 heterocycles. The highest BCUT2D eigenvalue weighted by Gasteiger charge is 2.02. The SMILES string of the molecule is C[C@H](O)CNCc1cc2ccccc2[nH]c1=O. The van der Waals surface area contributed by atoms with Crippen LogP contribution < -0.4 is 10.9 Å². The summed E-state index contributed by atoms with van der Waals surface area (Å²) in [7, 11) is 0. The van der Waals surface area contributed by atoms with E-state index in [1.165, 1.54) is 0 Å². The van der Waals surface area contributed by atoms with Crippen LogP contribution in [-0.4, -0.2) is 22.7 Å². The van der Waals surface area contributed by atoms with Crippen molar-refractivity contribution in [2.45, 2.75) is 19.6 Å². The molecule has 1 aromatic carbocycles. The van der Waals surface area contributed by atoms with Gasteiger partial charge in [0.05, 0.1) is 6.10 Å². The molecule has 0 saturated heterocycles. The maximum absolute atomic E-state index is 11.8. The Labute approximate surface area is 99.3 Å². The first-order valence-corrected chi connectivity index (χ1v) is 5.66. The first-order chi connectivity index (χ1) is 8.16. The van der Waals surface area contributed by atoms with E-state index in [1.54, 1.807) is 6.92 Å². The lowest BCUT2D eigenvalue weighted by atomic mass is 10.1. The number of hydrogen-bond donors (Lipinski definition) is 3. The third-order valence-electron chi connectivity index (χ3n) is 2.59. The van der Waals surface area contributed by atoms with Crippen LogP contribution in [0.1, 0.15) is 12.5 Å². The summed E-state index contributed by atoms with van der Waals surface area (Å²) in [4.78, 5) is 14.6. The number of aromatic nitrogens is 1. The average molecular weight is 232 g/mol. The summed E-state index contributed by atoms with van der Waals surface area (Å²) < 4.78 is 0. The number of benzene rings is 1. The number of H-pyrrole nitrogens is 1. The van der Waals surface area contributed by atoms with Crippen molar-refractivity contribution >= 4 is 10.9 Å². The van der Waals surface area contributed by atoms with Gasteiger partial charge in [0.1, 0.15) is 0 Å². The second-order valence-electron chi connectivity index (χ2n) is 4.19. The van der Waals surface area contributed by atoms with Gasteiger partial charge in [-0.1, -0.05) is 18.2 Å². The summed E-state index contributed by atoms with van der Waals surface area (Å²) >= 11 is 0. The topological polar surface area (TPSA) is 65.1 Å². The van der Waals surface area contributed by atoms with Crippen LogP contribution in [0.5, 0.6) is 0 Å². The van der Waals surface area contributed by atoms with Crippen LogP contribution in [0.4, 0.5) is 0 Å². The van der Waals surface area contributed by atoms with Gasteiger partial charge in [-0.25, -0.2) is 0 Å². The molecule has 0 aliphatic heterocycles. The van der Waals surface area contributed by atoms with E-state index in [9.17, 15) is 4.79 Å². The van der Waals surface area contributed by atoms with Gasteiger partial charge in [-0.3, -0.25) is 4.79 Å². The summed E-state index contributed by atoms with van der Waals surface area (Å²) in [6.45, 7) is 2.65. The van der Waals surface area contributed by atoms with Crippen LogP contribution >= 0.6 is 0 Å². The Bertz CT molecular complexity index is 561. The maximum atomic E-state index is 11.8. The van der Waals surface area contributed by atoms with Gasteiger partial charge in [-0.15, -0.1) is 0 Å². The number of para-hydroxylation sites is 1. The molecule has 2 rings (SSSR count). The Hall–Kier alpha value is -1.65. The van der Waals surface area contributed by atoms with Gasteiger partial charge in [0, 0.05) is 24.2 Å². The molecule has 17 heavy (non-hydrogen) atoms. The number of aromatic amines is 1. The fourth-order valence-electron chi connectivity index (χ4n) is 1.74. The number of aliphatic hydroxyl groups is 1. The second kappa shape index (κ2) is 5.12. The Morgan fingerprint density at radius 3 is 2.94 bits per heavy atom. The third kappa shape index (κ3) is 2.93. The van der Waals surface area contributed by atoms with E-state index < -0.39 is 6.10 Å². The Kier molecular flexibility index (Phi) is 3.56. The molecule has 0 spiro atoms. The van der Waals surface area contributed by atoms with Crippen LogP contribution in [0.3, 0.4) is 0 Å². The molecule has 0 unspecified atom stereocenters. The van der Waals surface area contributed by atoms with E-state index in [4.69, 9.17) is 5.11 Å². The fourth-order valence-corrected chi connectivity index (χ4v) is 1.74. The minimum atomic E-state index is -0.408. The van der Waals surface area contributed by atoms with Crippen molar-refractivity contribution in [2.75, 3.05) is 6.54 Å². The minimum absolute atomic E-state index is 0.0817. The summed E-state index contributed by atoms with van der Waals surface area (Å²) in [5.41, 5.74) is 1.45. The first-order valence-electron chi connectivity index (χ1n) is 5.66. The van der Waals surface area contributed by atoms with E-state index in [-0.39, 0.29) is 5.56 Å². The Morgan fingerprint density at radius 2 is 2.18 bits per heavy atom. The molecule has 0 saturated carbocycles. The van der Waals surface area contributed by atoms with E-state index in [0.29, 0.717) is 18.7 Å². The van der Waals surface area contributed by atoms with Crippen LogP contribution in [0.25, 0.3) is 10.9 Å². The van der Waals surface area contributed by atoms with Crippen molar-refractivity contribution in [3.8, 4) is 0 Å². The van der Waals surface area contributed by atoms with Gasteiger partial charge in [0.25, 0.3) is 5.56 Å². The lowest BCUT2D eigenvalue weighted by molar-refractivity contribution is 0.191. The van der Waals surface area contributed by atoms with Crippen molar-refractivity contribution in [2.24, 2.45) is 0 Å². The lowest BCUT2D eigenvalue weighted by Crippen LogP contribution is -2.27. The van der Waals surface area contributed by atoms with Crippen molar-refractivity contribution in [3.05, 3.63) is 46.2 Å². The molecule has 0 fully saturated rings. The highest BCUT2D eigenvalue weighted by atomic mass is 16.3.